The number of para-hydroxylation sites is 1. The van der Waals surface area contributed by atoms with E-state index in [9.17, 15) is 23.9 Å². The monoisotopic (exact) mass is 490 g/mol. The van der Waals surface area contributed by atoms with Gasteiger partial charge in [0.2, 0.25) is 0 Å². The SMILES string of the molecule is CC.CC.CC.CN(C)C(=O)c1cccc(Nc2c(N(N)CC3C=CC(F)=CC3)c(=O)c2=O)c1O. The molecule has 0 heterocycles. The van der Waals surface area contributed by atoms with Crippen molar-refractivity contribution in [2.45, 2.75) is 48.0 Å². The molecule has 194 valence electrons. The number of nitrogens with one attached hydrogen (secondary N) is 1. The third-order valence-corrected chi connectivity index (χ3v) is 4.68. The van der Waals surface area contributed by atoms with E-state index in [4.69, 9.17) is 5.84 Å². The van der Waals surface area contributed by atoms with E-state index in [2.05, 4.69) is 5.32 Å². The number of carbonyl (C=O) groups is 1. The van der Waals surface area contributed by atoms with Crippen LogP contribution in [0.15, 0.2) is 51.8 Å². The third kappa shape index (κ3) is 7.78. The minimum atomic E-state index is -0.774. The van der Waals surface area contributed by atoms with E-state index in [1.165, 1.54) is 35.3 Å². The molecule has 9 heteroatoms. The Morgan fingerprint density at radius 2 is 1.71 bits per heavy atom. The Morgan fingerprint density at radius 3 is 2.23 bits per heavy atom. The lowest BCUT2D eigenvalue weighted by Crippen LogP contribution is -2.47. The Hall–Kier alpha value is -3.46. The summed E-state index contributed by atoms with van der Waals surface area (Å²) in [5, 5.41) is 14.3. The van der Waals surface area contributed by atoms with Crippen molar-refractivity contribution in [3.63, 3.8) is 0 Å². The molecule has 1 aliphatic carbocycles. The molecule has 8 nitrogen and oxygen atoms in total. The van der Waals surface area contributed by atoms with Crippen LogP contribution in [0.1, 0.15) is 58.3 Å². The maximum absolute atomic E-state index is 13.1. The van der Waals surface area contributed by atoms with Crippen molar-refractivity contribution in [2.75, 3.05) is 31.0 Å². The molecule has 0 bridgehead atoms. The lowest BCUT2D eigenvalue weighted by Gasteiger charge is -2.26. The molecule has 2 aromatic rings. The molecule has 0 radical (unpaired) electrons. The van der Waals surface area contributed by atoms with E-state index in [0.717, 1.165) is 5.01 Å². The van der Waals surface area contributed by atoms with Gasteiger partial charge in [-0.25, -0.2) is 10.2 Å². The lowest BCUT2D eigenvalue weighted by atomic mass is 9.99. The van der Waals surface area contributed by atoms with Crippen LogP contribution in [-0.2, 0) is 0 Å². The summed E-state index contributed by atoms with van der Waals surface area (Å²) >= 11 is 0. The zero-order valence-corrected chi connectivity index (χ0v) is 22.0. The maximum Gasteiger partial charge on any atom is 0.257 e. The van der Waals surface area contributed by atoms with Gasteiger partial charge in [0.1, 0.15) is 17.2 Å². The molecular formula is C26H39FN4O4. The highest BCUT2D eigenvalue weighted by molar-refractivity contribution is 5.99. The molecule has 2 aromatic carbocycles. The second-order valence-corrected chi connectivity index (χ2v) is 7.00. The normalized spacial score (nSPS) is 13.7. The van der Waals surface area contributed by atoms with Crippen LogP contribution in [0.25, 0.3) is 0 Å². The highest BCUT2D eigenvalue weighted by atomic mass is 19.1. The first kappa shape index (κ1) is 31.5. The number of anilines is 3. The molecule has 0 saturated heterocycles. The Kier molecular flexibility index (Phi) is 13.9. The van der Waals surface area contributed by atoms with Crippen LogP contribution in [0.3, 0.4) is 0 Å². The molecule has 0 aliphatic heterocycles. The molecule has 35 heavy (non-hydrogen) atoms. The standard InChI is InChI=1S/C20H21FN4O4.3C2H6/c1-24(2)20(29)13-4-3-5-14(17(13)26)23-15-16(19(28)18(15)27)25(22)10-11-6-8-12(21)9-7-11;3*1-2/h3-6,8-9,11,23,26H,7,10,22H2,1-2H3;3*1-2H3. The number of phenolic OH excluding ortho intramolecular Hbond substituents is 1. The number of nitrogens with zero attached hydrogens (tertiary/aromatic N) is 2. The second-order valence-electron chi connectivity index (χ2n) is 7.00. The van der Waals surface area contributed by atoms with Gasteiger partial charge in [0, 0.05) is 20.6 Å². The summed E-state index contributed by atoms with van der Waals surface area (Å²) in [5.41, 5.74) is -1.47. The van der Waals surface area contributed by atoms with Gasteiger partial charge in [0.05, 0.1) is 11.3 Å². The van der Waals surface area contributed by atoms with Crippen LogP contribution >= 0.6 is 0 Å². The average molecular weight is 491 g/mol. The molecule has 1 unspecified atom stereocenters. The molecule has 1 aliphatic rings. The number of allylic oxidation sites excluding steroid dienone is 3. The zero-order chi connectivity index (χ0) is 27.3. The minimum Gasteiger partial charge on any atom is -0.505 e. The summed E-state index contributed by atoms with van der Waals surface area (Å²) in [7, 11) is 3.09. The molecule has 1 amide bonds. The first-order valence-electron chi connectivity index (χ1n) is 11.9. The first-order chi connectivity index (χ1) is 16.7. The number of halogens is 1. The van der Waals surface area contributed by atoms with Crippen molar-refractivity contribution in [1.82, 2.24) is 4.90 Å². The number of hydrogen-bond acceptors (Lipinski definition) is 7. The van der Waals surface area contributed by atoms with Crippen molar-refractivity contribution < 1.29 is 14.3 Å². The van der Waals surface area contributed by atoms with Gasteiger partial charge >= 0.3 is 0 Å². The fourth-order valence-electron chi connectivity index (χ4n) is 3.08. The fraction of sp³-hybridized carbons (Fsp3) is 0.423. The van der Waals surface area contributed by atoms with Gasteiger partial charge < -0.3 is 20.3 Å². The van der Waals surface area contributed by atoms with Crippen molar-refractivity contribution in [3.8, 4) is 5.75 Å². The Morgan fingerprint density at radius 1 is 1.11 bits per heavy atom. The van der Waals surface area contributed by atoms with Crippen molar-refractivity contribution in [2.24, 2.45) is 11.8 Å². The van der Waals surface area contributed by atoms with Crippen LogP contribution in [0.5, 0.6) is 5.75 Å². The van der Waals surface area contributed by atoms with Gasteiger partial charge in [0.15, 0.2) is 5.75 Å². The number of aromatic hydroxyl groups is 1. The van der Waals surface area contributed by atoms with Gasteiger partial charge in [-0.2, -0.15) is 0 Å². The number of nitrogens with two attached hydrogens (primary N) is 1. The quantitative estimate of drug-likeness (QED) is 0.234. The number of amides is 1. The molecule has 0 saturated carbocycles. The lowest BCUT2D eigenvalue weighted by molar-refractivity contribution is 0.0824. The van der Waals surface area contributed by atoms with Crippen LogP contribution in [0.2, 0.25) is 0 Å². The van der Waals surface area contributed by atoms with E-state index < -0.39 is 16.8 Å². The first-order valence-corrected chi connectivity index (χ1v) is 11.9. The summed E-state index contributed by atoms with van der Waals surface area (Å²) < 4.78 is 13.1. The summed E-state index contributed by atoms with van der Waals surface area (Å²) in [6.45, 7) is 12.2. The summed E-state index contributed by atoms with van der Waals surface area (Å²) in [6, 6.07) is 4.46. The Balaban J connectivity index is 0.00000179. The molecular weight excluding hydrogens is 451 g/mol. The Bertz CT molecular complexity index is 1090. The number of phenols is 1. The van der Waals surface area contributed by atoms with Gasteiger partial charge in [-0.3, -0.25) is 14.4 Å². The van der Waals surface area contributed by atoms with E-state index in [-0.39, 0.29) is 46.7 Å². The third-order valence-electron chi connectivity index (χ3n) is 4.68. The number of hydrazine groups is 1. The van der Waals surface area contributed by atoms with Gasteiger partial charge in [-0.15, -0.1) is 0 Å². The van der Waals surface area contributed by atoms with Crippen molar-refractivity contribution >= 4 is 23.0 Å². The topological polar surface area (TPSA) is 116 Å². The van der Waals surface area contributed by atoms with E-state index in [1.54, 1.807) is 20.2 Å². The smallest absolute Gasteiger partial charge is 0.257 e. The van der Waals surface area contributed by atoms with Crippen LogP contribution in [0.4, 0.5) is 21.5 Å². The van der Waals surface area contributed by atoms with Crippen LogP contribution in [0, 0.1) is 5.92 Å². The van der Waals surface area contributed by atoms with Crippen LogP contribution in [-0.4, -0.2) is 36.6 Å². The van der Waals surface area contributed by atoms with E-state index in [0.29, 0.717) is 6.42 Å². The molecule has 0 fully saturated rings. The largest absolute Gasteiger partial charge is 0.505 e. The molecule has 0 aromatic heterocycles. The molecule has 4 N–H and O–H groups in total. The molecule has 0 spiro atoms. The summed E-state index contributed by atoms with van der Waals surface area (Å²) in [6.07, 6.45) is 4.82. The van der Waals surface area contributed by atoms with Crippen LogP contribution < -0.4 is 27.0 Å². The molecule has 1 atom stereocenters. The highest BCUT2D eigenvalue weighted by Gasteiger charge is 2.27. The maximum atomic E-state index is 13.1. The summed E-state index contributed by atoms with van der Waals surface area (Å²) in [4.78, 5) is 37.6. The van der Waals surface area contributed by atoms with Crippen molar-refractivity contribution in [3.05, 3.63) is 68.3 Å². The number of hydrogen-bond donors (Lipinski definition) is 3. The van der Waals surface area contributed by atoms with E-state index in [1.807, 2.05) is 41.5 Å². The number of carbonyl (C=O) groups excluding carboxylic acids is 1. The summed E-state index contributed by atoms with van der Waals surface area (Å²) in [5.74, 6) is 4.78. The van der Waals surface area contributed by atoms with Gasteiger partial charge in [-0.1, -0.05) is 53.7 Å². The number of rotatable bonds is 6. The number of benzene rings is 1. The molecule has 3 rings (SSSR count). The predicted molar refractivity (Wildman–Crippen MR) is 143 cm³/mol. The predicted octanol–water partition coefficient (Wildman–Crippen LogP) is 4.62. The zero-order valence-electron chi connectivity index (χ0n) is 22.0. The highest BCUT2D eigenvalue weighted by Crippen LogP contribution is 2.32. The van der Waals surface area contributed by atoms with Crippen molar-refractivity contribution in [1.29, 1.82) is 0 Å². The Labute approximate surface area is 207 Å². The van der Waals surface area contributed by atoms with E-state index >= 15 is 0 Å². The fourth-order valence-corrected chi connectivity index (χ4v) is 3.08. The minimum absolute atomic E-state index is 0.0258. The van der Waals surface area contributed by atoms with Gasteiger partial charge in [0.25, 0.3) is 16.8 Å². The van der Waals surface area contributed by atoms with Gasteiger partial charge in [-0.05, 0) is 36.6 Å². The second kappa shape index (κ2) is 15.4. The average Bonchev–Trinajstić information content (AvgIpc) is 2.89.